The van der Waals surface area contributed by atoms with E-state index in [4.69, 9.17) is 0 Å². The van der Waals surface area contributed by atoms with E-state index in [1.165, 1.54) is 10.9 Å². The van der Waals surface area contributed by atoms with Gasteiger partial charge in [-0.15, -0.1) is 0 Å². The van der Waals surface area contributed by atoms with E-state index in [9.17, 15) is 22.0 Å². The van der Waals surface area contributed by atoms with Crippen LogP contribution in [0.1, 0.15) is 11.3 Å². The van der Waals surface area contributed by atoms with Gasteiger partial charge in [-0.3, -0.25) is 4.68 Å². The maximum atomic E-state index is 13.4. The van der Waals surface area contributed by atoms with Gasteiger partial charge in [0.2, 0.25) is 5.82 Å². The largest absolute Gasteiger partial charge is 0.376 e. The maximum Gasteiger partial charge on any atom is 0.200 e. The average molecular weight is 291 g/mol. The molecular formula is C12H10F5N3. The second kappa shape index (κ2) is 5.10. The zero-order valence-electron chi connectivity index (χ0n) is 10.6. The Bertz CT molecular complexity index is 637. The summed E-state index contributed by atoms with van der Waals surface area (Å²) in [5.41, 5.74) is 0.238. The van der Waals surface area contributed by atoms with Crippen LogP contribution in [-0.4, -0.2) is 9.78 Å². The van der Waals surface area contributed by atoms with Gasteiger partial charge in [0, 0.05) is 24.8 Å². The third-order valence-corrected chi connectivity index (χ3v) is 3.00. The Morgan fingerprint density at radius 3 is 1.95 bits per heavy atom. The molecule has 8 heteroatoms. The summed E-state index contributed by atoms with van der Waals surface area (Å²) in [6.45, 7) is 1.60. The highest BCUT2D eigenvalue weighted by molar-refractivity contribution is 5.48. The topological polar surface area (TPSA) is 29.9 Å². The Hall–Kier alpha value is -2.12. The van der Waals surface area contributed by atoms with Crippen LogP contribution in [0.5, 0.6) is 0 Å². The van der Waals surface area contributed by atoms with Gasteiger partial charge in [-0.25, -0.2) is 22.0 Å². The molecule has 108 valence electrons. The first-order chi connectivity index (χ1) is 9.34. The lowest BCUT2D eigenvalue weighted by Crippen LogP contribution is -2.10. The first-order valence-electron chi connectivity index (χ1n) is 5.57. The number of aromatic nitrogens is 2. The molecule has 0 fully saturated rings. The van der Waals surface area contributed by atoms with E-state index in [1.807, 2.05) is 0 Å². The Balaban J connectivity index is 2.33. The Labute approximate surface area is 111 Å². The molecule has 0 bridgehead atoms. The predicted molar refractivity (Wildman–Crippen MR) is 61.5 cm³/mol. The summed E-state index contributed by atoms with van der Waals surface area (Å²) >= 11 is 0. The Kier molecular flexibility index (Phi) is 3.65. The van der Waals surface area contributed by atoms with Crippen molar-refractivity contribution in [3.8, 4) is 0 Å². The molecule has 0 unspecified atom stereocenters. The van der Waals surface area contributed by atoms with Crippen LogP contribution in [0.25, 0.3) is 0 Å². The smallest absolute Gasteiger partial charge is 0.200 e. The molecule has 0 aliphatic carbocycles. The number of halogens is 5. The van der Waals surface area contributed by atoms with Gasteiger partial charge in [-0.2, -0.15) is 5.10 Å². The lowest BCUT2D eigenvalue weighted by molar-refractivity contribution is 0.381. The standard InChI is InChI=1S/C12H10F5N3/c1-5-6(4-19-20(5)2)3-18-12-10(16)8(14)7(13)9(15)11(12)17/h4,18H,3H2,1-2H3. The number of benzene rings is 1. The van der Waals surface area contributed by atoms with E-state index < -0.39 is 34.8 Å². The van der Waals surface area contributed by atoms with E-state index in [0.717, 1.165) is 0 Å². The molecule has 0 amide bonds. The molecule has 0 radical (unpaired) electrons. The number of rotatable bonds is 3. The van der Waals surface area contributed by atoms with E-state index >= 15 is 0 Å². The van der Waals surface area contributed by atoms with Gasteiger partial charge in [0.1, 0.15) is 5.69 Å². The maximum absolute atomic E-state index is 13.4. The quantitative estimate of drug-likeness (QED) is 0.535. The third kappa shape index (κ3) is 2.21. The molecule has 1 aromatic carbocycles. The van der Waals surface area contributed by atoms with Crippen LogP contribution in [0.4, 0.5) is 27.6 Å². The van der Waals surface area contributed by atoms with Crippen LogP contribution in [0, 0.1) is 36.0 Å². The minimum Gasteiger partial charge on any atom is -0.376 e. The van der Waals surface area contributed by atoms with Gasteiger partial charge in [0.05, 0.1) is 6.20 Å². The van der Waals surface area contributed by atoms with Crippen molar-refractivity contribution < 1.29 is 22.0 Å². The molecule has 0 spiro atoms. The van der Waals surface area contributed by atoms with Gasteiger partial charge in [-0.05, 0) is 6.92 Å². The van der Waals surface area contributed by atoms with Gasteiger partial charge in [-0.1, -0.05) is 0 Å². The SMILES string of the molecule is Cc1c(CNc2c(F)c(F)c(F)c(F)c2F)cnn1C. The second-order valence-corrected chi connectivity index (χ2v) is 4.18. The lowest BCUT2D eigenvalue weighted by Gasteiger charge is -2.10. The molecule has 3 nitrogen and oxygen atoms in total. The predicted octanol–water partition coefficient (Wildman–Crippen LogP) is 3.04. The van der Waals surface area contributed by atoms with Crippen LogP contribution in [0.3, 0.4) is 0 Å². The molecule has 20 heavy (non-hydrogen) atoms. The van der Waals surface area contributed by atoms with Crippen molar-refractivity contribution in [2.45, 2.75) is 13.5 Å². The van der Waals surface area contributed by atoms with E-state index in [-0.39, 0.29) is 6.54 Å². The molecule has 0 saturated carbocycles. The van der Waals surface area contributed by atoms with Gasteiger partial charge < -0.3 is 5.32 Å². The number of nitrogens with zero attached hydrogens (tertiary/aromatic N) is 2. The second-order valence-electron chi connectivity index (χ2n) is 4.18. The summed E-state index contributed by atoms with van der Waals surface area (Å²) in [6.07, 6.45) is 1.44. The van der Waals surface area contributed by atoms with Crippen molar-refractivity contribution in [1.29, 1.82) is 0 Å². The first-order valence-corrected chi connectivity index (χ1v) is 5.57. The molecule has 0 saturated heterocycles. The molecule has 0 atom stereocenters. The summed E-state index contributed by atoms with van der Waals surface area (Å²) in [5, 5.41) is 6.11. The lowest BCUT2D eigenvalue weighted by atomic mass is 10.2. The van der Waals surface area contributed by atoms with E-state index in [2.05, 4.69) is 10.4 Å². The van der Waals surface area contributed by atoms with Crippen LogP contribution in [-0.2, 0) is 13.6 Å². The van der Waals surface area contributed by atoms with Crippen LogP contribution in [0.2, 0.25) is 0 Å². The molecular weight excluding hydrogens is 281 g/mol. The number of aryl methyl sites for hydroxylation is 1. The minimum absolute atomic E-state index is 0.113. The number of nitrogens with one attached hydrogen (secondary N) is 1. The molecule has 1 N–H and O–H groups in total. The fraction of sp³-hybridized carbons (Fsp3) is 0.250. The van der Waals surface area contributed by atoms with Gasteiger partial charge in [0.25, 0.3) is 0 Å². The van der Waals surface area contributed by atoms with Crippen molar-refractivity contribution in [3.05, 3.63) is 46.5 Å². The van der Waals surface area contributed by atoms with Crippen LogP contribution in [0.15, 0.2) is 6.20 Å². The fourth-order valence-electron chi connectivity index (χ4n) is 1.66. The number of hydrogen-bond donors (Lipinski definition) is 1. The van der Waals surface area contributed by atoms with Crippen molar-refractivity contribution in [1.82, 2.24) is 9.78 Å². The molecule has 1 aromatic heterocycles. The van der Waals surface area contributed by atoms with Crippen LogP contribution < -0.4 is 5.32 Å². The van der Waals surface area contributed by atoms with E-state index in [1.54, 1.807) is 14.0 Å². The molecule has 2 rings (SSSR count). The number of hydrogen-bond acceptors (Lipinski definition) is 2. The number of anilines is 1. The molecule has 0 aliphatic rings. The summed E-state index contributed by atoms with van der Waals surface area (Å²) in [6, 6.07) is 0. The summed E-state index contributed by atoms with van der Waals surface area (Å²) in [7, 11) is 1.66. The average Bonchev–Trinajstić information content (AvgIpc) is 2.75. The summed E-state index contributed by atoms with van der Waals surface area (Å²) in [4.78, 5) is 0. The van der Waals surface area contributed by atoms with Crippen LogP contribution >= 0.6 is 0 Å². The monoisotopic (exact) mass is 291 g/mol. The van der Waals surface area contributed by atoms with Gasteiger partial charge in [0.15, 0.2) is 23.3 Å². The molecule has 1 heterocycles. The van der Waals surface area contributed by atoms with Crippen molar-refractivity contribution in [2.24, 2.45) is 7.05 Å². The van der Waals surface area contributed by atoms with E-state index in [0.29, 0.717) is 11.3 Å². The van der Waals surface area contributed by atoms with Crippen molar-refractivity contribution in [2.75, 3.05) is 5.32 Å². The summed E-state index contributed by atoms with van der Waals surface area (Å²) in [5.74, 6) is -9.90. The Morgan fingerprint density at radius 1 is 1.00 bits per heavy atom. The highest BCUT2D eigenvalue weighted by Crippen LogP contribution is 2.27. The van der Waals surface area contributed by atoms with Crippen molar-refractivity contribution in [3.63, 3.8) is 0 Å². The molecule has 2 aromatic rings. The Morgan fingerprint density at radius 2 is 1.50 bits per heavy atom. The van der Waals surface area contributed by atoms with Gasteiger partial charge >= 0.3 is 0 Å². The zero-order chi connectivity index (χ0) is 15.0. The molecule has 0 aliphatic heterocycles. The van der Waals surface area contributed by atoms with Crippen molar-refractivity contribution >= 4 is 5.69 Å². The first kappa shape index (κ1) is 14.3. The third-order valence-electron chi connectivity index (χ3n) is 3.00. The highest BCUT2D eigenvalue weighted by Gasteiger charge is 2.25. The normalized spacial score (nSPS) is 10.9. The summed E-state index contributed by atoms with van der Waals surface area (Å²) < 4.78 is 67.2. The minimum atomic E-state index is -2.18. The highest BCUT2D eigenvalue weighted by atomic mass is 19.2. The zero-order valence-corrected chi connectivity index (χ0v) is 10.6. The fourth-order valence-corrected chi connectivity index (χ4v) is 1.66.